The first-order chi connectivity index (χ1) is 12.9. The topological polar surface area (TPSA) is 170 Å². The molecule has 0 radical (unpaired) electrons. The molecular weight excluding hydrogens is 454 g/mol. The smallest absolute Gasteiger partial charge is 0.744 e. The Bertz CT molecular complexity index is 1320. The summed E-state index contributed by atoms with van der Waals surface area (Å²) in [5.41, 5.74) is 6.10. The van der Waals surface area contributed by atoms with Gasteiger partial charge in [-0.2, -0.15) is 0 Å². The van der Waals surface area contributed by atoms with E-state index in [-0.39, 0.29) is 81.1 Å². The van der Waals surface area contributed by atoms with Gasteiger partial charge in [0.1, 0.15) is 20.2 Å². The number of amides is 1. The number of anilines is 2. The van der Waals surface area contributed by atoms with Crippen molar-refractivity contribution in [2.45, 2.75) is 9.79 Å². The molecule has 0 aliphatic heterocycles. The summed E-state index contributed by atoms with van der Waals surface area (Å²) in [6.07, 6.45) is 0. The number of nitrogen functional groups attached to an aromatic ring is 1. The molecule has 0 spiro atoms. The van der Waals surface area contributed by atoms with Crippen molar-refractivity contribution < 1.29 is 89.9 Å². The zero-order valence-electron chi connectivity index (χ0n) is 15.9. The van der Waals surface area contributed by atoms with Crippen LogP contribution in [0.4, 0.5) is 11.4 Å². The maximum absolute atomic E-state index is 12.5. The summed E-state index contributed by atoms with van der Waals surface area (Å²) >= 11 is 0. The first kappa shape index (κ1) is 27.0. The Morgan fingerprint density at radius 2 is 1.43 bits per heavy atom. The Morgan fingerprint density at radius 1 is 0.833 bits per heavy atom. The van der Waals surface area contributed by atoms with Crippen molar-refractivity contribution in [3.63, 3.8) is 0 Å². The average Bonchev–Trinajstić information content (AvgIpc) is 2.59. The Hall–Kier alpha value is -0.990. The van der Waals surface area contributed by atoms with Gasteiger partial charge in [-0.15, -0.1) is 0 Å². The van der Waals surface area contributed by atoms with Crippen LogP contribution in [0.5, 0.6) is 0 Å². The number of nitrogens with two attached hydrogens (primary N) is 1. The molecule has 0 saturated heterocycles. The first-order valence-electron chi connectivity index (χ1n) is 7.62. The number of rotatable bonds is 4. The molecule has 0 unspecified atom stereocenters. The molecule has 0 atom stereocenters. The van der Waals surface area contributed by atoms with Crippen LogP contribution >= 0.6 is 0 Å². The molecule has 3 rings (SSSR count). The minimum atomic E-state index is -4.92. The second-order valence-electron chi connectivity index (χ2n) is 5.84. The molecule has 146 valence electrons. The fourth-order valence-electron chi connectivity index (χ4n) is 2.60. The third kappa shape index (κ3) is 6.26. The van der Waals surface area contributed by atoms with Gasteiger partial charge in [0.05, 0.1) is 15.5 Å². The van der Waals surface area contributed by atoms with Crippen LogP contribution in [0.25, 0.3) is 10.8 Å². The van der Waals surface area contributed by atoms with Crippen LogP contribution < -0.4 is 70.2 Å². The van der Waals surface area contributed by atoms with E-state index in [0.717, 1.165) is 24.3 Å². The number of nitrogens with one attached hydrogen (secondary N) is 1. The minimum absolute atomic E-state index is 0. The van der Waals surface area contributed by atoms with E-state index in [0.29, 0.717) is 5.69 Å². The van der Waals surface area contributed by atoms with E-state index in [9.17, 15) is 30.7 Å². The standard InChI is InChI=1S/C17H14N2O7S2.2Na/c18-12-3-1-2-10(6-12)17(20)19-16-9-14(28(24,25)26)8-11-7-13(27(21,22)23)4-5-15(11)16;;/h1-9H,18H2,(H,19,20)(H,21,22,23)(H,24,25,26);;/q;2*+1/p-2. The predicted octanol–water partition coefficient (Wildman–Crippen LogP) is -4.51. The van der Waals surface area contributed by atoms with Crippen LogP contribution in [-0.2, 0) is 20.2 Å². The maximum Gasteiger partial charge on any atom is 1.00 e. The van der Waals surface area contributed by atoms with Gasteiger partial charge in [-0.25, -0.2) is 16.8 Å². The first-order valence-corrected chi connectivity index (χ1v) is 10.4. The molecular formula is C17H12N2Na2O7S2. The summed E-state index contributed by atoms with van der Waals surface area (Å²) in [5, 5.41) is 2.69. The molecule has 3 N–H and O–H groups in total. The van der Waals surface area contributed by atoms with Gasteiger partial charge in [-0.1, -0.05) is 12.1 Å². The summed E-state index contributed by atoms with van der Waals surface area (Å²) in [6, 6.07) is 11.1. The minimum Gasteiger partial charge on any atom is -0.744 e. The predicted molar refractivity (Wildman–Crippen MR) is 98.7 cm³/mol. The summed E-state index contributed by atoms with van der Waals surface area (Å²) in [7, 11) is -9.73. The van der Waals surface area contributed by atoms with Crippen molar-refractivity contribution in [2.24, 2.45) is 0 Å². The van der Waals surface area contributed by atoms with E-state index in [1.165, 1.54) is 18.2 Å². The molecule has 0 aliphatic carbocycles. The van der Waals surface area contributed by atoms with Gasteiger partial charge in [0.25, 0.3) is 5.91 Å². The summed E-state index contributed by atoms with van der Waals surface area (Å²) < 4.78 is 68.0. The van der Waals surface area contributed by atoms with Crippen molar-refractivity contribution in [3.05, 3.63) is 60.2 Å². The summed E-state index contributed by atoms with van der Waals surface area (Å²) in [6.45, 7) is 0. The Labute approximate surface area is 217 Å². The Morgan fingerprint density at radius 3 is 2.00 bits per heavy atom. The van der Waals surface area contributed by atoms with Crippen LogP contribution in [0.3, 0.4) is 0 Å². The molecule has 0 fully saturated rings. The molecule has 1 amide bonds. The van der Waals surface area contributed by atoms with E-state index in [1.54, 1.807) is 12.1 Å². The zero-order chi connectivity index (χ0) is 20.7. The largest absolute Gasteiger partial charge is 1.00 e. The Balaban J connectivity index is 0.00000225. The monoisotopic (exact) mass is 466 g/mol. The van der Waals surface area contributed by atoms with Gasteiger partial charge in [-0.3, -0.25) is 4.79 Å². The van der Waals surface area contributed by atoms with Gasteiger partial charge < -0.3 is 20.2 Å². The van der Waals surface area contributed by atoms with Crippen molar-refractivity contribution >= 4 is 48.3 Å². The molecule has 0 aromatic heterocycles. The van der Waals surface area contributed by atoms with E-state index < -0.39 is 35.9 Å². The normalized spacial score (nSPS) is 11.3. The third-order valence-electron chi connectivity index (χ3n) is 3.87. The van der Waals surface area contributed by atoms with E-state index in [4.69, 9.17) is 5.73 Å². The van der Waals surface area contributed by atoms with E-state index in [2.05, 4.69) is 5.32 Å². The molecule has 0 heterocycles. The summed E-state index contributed by atoms with van der Waals surface area (Å²) in [4.78, 5) is 11.2. The molecule has 9 nitrogen and oxygen atoms in total. The third-order valence-corrected chi connectivity index (χ3v) is 5.52. The zero-order valence-corrected chi connectivity index (χ0v) is 21.6. The SMILES string of the molecule is Nc1cccc(C(=O)Nc2cc(S(=O)(=O)[O-])cc3cc(S(=O)(=O)[O-])ccc23)c1.[Na+].[Na+]. The molecule has 3 aromatic carbocycles. The van der Waals surface area contributed by atoms with Crippen LogP contribution in [0.1, 0.15) is 10.4 Å². The summed E-state index contributed by atoms with van der Waals surface area (Å²) in [5.74, 6) is -0.630. The fraction of sp³-hybridized carbons (Fsp3) is 0. The van der Waals surface area contributed by atoms with Crippen molar-refractivity contribution in [1.29, 1.82) is 0 Å². The number of benzene rings is 3. The van der Waals surface area contributed by atoms with Crippen LogP contribution in [0.15, 0.2) is 64.4 Å². The van der Waals surface area contributed by atoms with Gasteiger partial charge in [0, 0.05) is 16.6 Å². The van der Waals surface area contributed by atoms with Crippen LogP contribution in [0.2, 0.25) is 0 Å². The van der Waals surface area contributed by atoms with Gasteiger partial charge in [0.2, 0.25) is 0 Å². The van der Waals surface area contributed by atoms with E-state index >= 15 is 0 Å². The van der Waals surface area contributed by atoms with Crippen molar-refractivity contribution in [1.82, 2.24) is 0 Å². The Kier molecular flexibility index (Phi) is 9.09. The van der Waals surface area contributed by atoms with Crippen molar-refractivity contribution in [2.75, 3.05) is 11.1 Å². The average molecular weight is 466 g/mol. The molecule has 30 heavy (non-hydrogen) atoms. The quantitative estimate of drug-likeness (QED) is 0.220. The maximum atomic E-state index is 12.5. The number of carbonyl (C=O) groups is 1. The van der Waals surface area contributed by atoms with Crippen LogP contribution in [-0.4, -0.2) is 31.8 Å². The number of carbonyl (C=O) groups excluding carboxylic acids is 1. The van der Waals surface area contributed by atoms with Gasteiger partial charge >= 0.3 is 59.1 Å². The van der Waals surface area contributed by atoms with E-state index in [1.807, 2.05) is 0 Å². The van der Waals surface area contributed by atoms with Gasteiger partial charge in [0.15, 0.2) is 0 Å². The molecule has 0 saturated carbocycles. The van der Waals surface area contributed by atoms with Crippen molar-refractivity contribution in [3.8, 4) is 0 Å². The van der Waals surface area contributed by atoms with Gasteiger partial charge in [-0.05, 0) is 47.9 Å². The number of hydrogen-bond acceptors (Lipinski definition) is 8. The van der Waals surface area contributed by atoms with Crippen LogP contribution in [0, 0.1) is 0 Å². The molecule has 0 aliphatic rings. The number of fused-ring (bicyclic) bond motifs is 1. The molecule has 13 heteroatoms. The fourth-order valence-corrected chi connectivity index (χ4v) is 3.64. The second-order valence-corrected chi connectivity index (χ2v) is 8.60. The second kappa shape index (κ2) is 10.1. The number of hydrogen-bond donors (Lipinski definition) is 2. The molecule has 3 aromatic rings. The molecule has 0 bridgehead atoms.